The summed E-state index contributed by atoms with van der Waals surface area (Å²) >= 11 is 0. The van der Waals surface area contributed by atoms with E-state index in [-0.39, 0.29) is 0 Å². The number of hydrogen-bond acceptors (Lipinski definition) is 5. The van der Waals surface area contributed by atoms with Crippen LogP contribution in [0.2, 0.25) is 0 Å². The second-order valence-corrected chi connectivity index (χ2v) is 6.95. The highest BCUT2D eigenvalue weighted by atomic mass is 16.5. The molecule has 30 heavy (non-hydrogen) atoms. The van der Waals surface area contributed by atoms with Crippen molar-refractivity contribution < 1.29 is 24.1 Å². The average molecular weight is 405 g/mol. The van der Waals surface area contributed by atoms with Crippen LogP contribution in [-0.2, 0) is 16.0 Å². The zero-order chi connectivity index (χ0) is 20.9. The third-order valence-corrected chi connectivity index (χ3v) is 5.02. The molecule has 0 saturated carbocycles. The van der Waals surface area contributed by atoms with E-state index in [1.54, 1.807) is 0 Å². The summed E-state index contributed by atoms with van der Waals surface area (Å²) in [4.78, 5) is 13.3. The second-order valence-electron chi connectivity index (χ2n) is 6.95. The smallest absolute Gasteiger partial charge is 0.333 e. The SMILES string of the molecule is CO[C@@H](Cc1ccc(OCCN2c3ccccc3Oc3ccccc32)cc1)C(=O)O. The molecule has 154 valence electrons. The molecule has 0 bridgehead atoms. The first-order chi connectivity index (χ1) is 14.7. The minimum Gasteiger partial charge on any atom is -0.492 e. The van der Waals surface area contributed by atoms with Crippen molar-refractivity contribution in [2.45, 2.75) is 12.5 Å². The lowest BCUT2D eigenvalue weighted by Crippen LogP contribution is -2.26. The van der Waals surface area contributed by atoms with Crippen LogP contribution in [0.25, 0.3) is 0 Å². The van der Waals surface area contributed by atoms with Gasteiger partial charge in [-0.15, -0.1) is 0 Å². The number of ether oxygens (including phenoxy) is 3. The first-order valence-electron chi connectivity index (χ1n) is 9.76. The number of para-hydroxylation sites is 4. The zero-order valence-corrected chi connectivity index (χ0v) is 16.7. The van der Waals surface area contributed by atoms with E-state index in [9.17, 15) is 4.79 Å². The van der Waals surface area contributed by atoms with Crippen molar-refractivity contribution >= 4 is 17.3 Å². The van der Waals surface area contributed by atoms with Crippen molar-refractivity contribution in [1.82, 2.24) is 0 Å². The van der Waals surface area contributed by atoms with Crippen LogP contribution >= 0.6 is 0 Å². The first kappa shape index (κ1) is 19.8. The normalized spacial score (nSPS) is 13.0. The van der Waals surface area contributed by atoms with Crippen molar-refractivity contribution in [3.8, 4) is 17.2 Å². The molecule has 1 aliphatic heterocycles. The summed E-state index contributed by atoms with van der Waals surface area (Å²) in [5, 5.41) is 9.11. The average Bonchev–Trinajstić information content (AvgIpc) is 2.77. The molecule has 0 radical (unpaired) electrons. The highest BCUT2D eigenvalue weighted by molar-refractivity contribution is 5.77. The number of anilines is 2. The number of carboxylic acids is 1. The lowest BCUT2D eigenvalue weighted by Gasteiger charge is -2.32. The topological polar surface area (TPSA) is 68.2 Å². The fourth-order valence-electron chi connectivity index (χ4n) is 3.48. The molecular weight excluding hydrogens is 382 g/mol. The Labute approximate surface area is 175 Å². The highest BCUT2D eigenvalue weighted by Gasteiger charge is 2.23. The van der Waals surface area contributed by atoms with Gasteiger partial charge in [0.2, 0.25) is 0 Å². The summed E-state index contributed by atoms with van der Waals surface area (Å²) in [6, 6.07) is 23.3. The van der Waals surface area contributed by atoms with Gasteiger partial charge in [0.1, 0.15) is 12.4 Å². The molecule has 0 spiro atoms. The Kier molecular flexibility index (Phi) is 5.86. The van der Waals surface area contributed by atoms with Crippen LogP contribution in [0.1, 0.15) is 5.56 Å². The maximum Gasteiger partial charge on any atom is 0.333 e. The van der Waals surface area contributed by atoms with E-state index in [4.69, 9.17) is 19.3 Å². The number of nitrogens with zero attached hydrogens (tertiary/aromatic N) is 1. The van der Waals surface area contributed by atoms with Gasteiger partial charge in [-0.05, 0) is 42.0 Å². The predicted molar refractivity (Wildman–Crippen MR) is 114 cm³/mol. The van der Waals surface area contributed by atoms with Crippen molar-refractivity contribution in [2.75, 3.05) is 25.2 Å². The van der Waals surface area contributed by atoms with Gasteiger partial charge in [0.05, 0.1) is 17.9 Å². The number of aliphatic carboxylic acids is 1. The number of methoxy groups -OCH3 is 1. The standard InChI is InChI=1S/C24H23NO5/c1-28-23(24(26)27)16-17-10-12-18(13-11-17)29-15-14-25-19-6-2-4-8-21(19)30-22-9-5-3-7-20(22)25/h2-13,23H,14-16H2,1H3,(H,26,27)/t23-/m0/s1. The summed E-state index contributed by atoms with van der Waals surface area (Å²) < 4.78 is 16.9. The monoisotopic (exact) mass is 405 g/mol. The Hall–Kier alpha value is -3.51. The molecule has 0 aromatic heterocycles. The molecule has 0 aliphatic carbocycles. The number of hydrogen-bond donors (Lipinski definition) is 1. The molecule has 3 aromatic carbocycles. The number of benzene rings is 3. The van der Waals surface area contributed by atoms with Gasteiger partial charge in [0.15, 0.2) is 17.6 Å². The van der Waals surface area contributed by atoms with E-state index in [0.717, 1.165) is 34.2 Å². The lowest BCUT2D eigenvalue weighted by atomic mass is 10.1. The van der Waals surface area contributed by atoms with E-state index >= 15 is 0 Å². The van der Waals surface area contributed by atoms with Gasteiger partial charge in [-0.3, -0.25) is 0 Å². The molecule has 0 unspecified atom stereocenters. The molecular formula is C24H23NO5. The predicted octanol–water partition coefficient (Wildman–Crippen LogP) is 4.65. The summed E-state index contributed by atoms with van der Waals surface area (Å²) in [5.74, 6) is 1.42. The highest BCUT2D eigenvalue weighted by Crippen LogP contribution is 2.45. The first-order valence-corrected chi connectivity index (χ1v) is 9.76. The molecule has 3 aromatic rings. The number of carboxylic acid groups (broad SMARTS) is 1. The second kappa shape index (κ2) is 8.88. The quantitative estimate of drug-likeness (QED) is 0.588. The van der Waals surface area contributed by atoms with E-state index in [2.05, 4.69) is 4.90 Å². The Morgan fingerprint density at radius 2 is 1.57 bits per heavy atom. The van der Waals surface area contributed by atoms with E-state index in [1.165, 1.54) is 7.11 Å². The molecule has 0 amide bonds. The summed E-state index contributed by atoms with van der Waals surface area (Å²) in [5.41, 5.74) is 2.90. The number of rotatable bonds is 8. The minimum absolute atomic E-state index is 0.313. The van der Waals surface area contributed by atoms with Gasteiger partial charge in [-0.25, -0.2) is 4.79 Å². The fraction of sp³-hybridized carbons (Fsp3) is 0.208. The van der Waals surface area contributed by atoms with Crippen LogP contribution in [0.3, 0.4) is 0 Å². The Balaban J connectivity index is 1.41. The Morgan fingerprint density at radius 1 is 0.967 bits per heavy atom. The van der Waals surface area contributed by atoms with Crippen LogP contribution in [0.15, 0.2) is 72.8 Å². The molecule has 6 nitrogen and oxygen atoms in total. The Morgan fingerprint density at radius 3 is 2.13 bits per heavy atom. The van der Waals surface area contributed by atoms with Gasteiger partial charge in [0, 0.05) is 13.5 Å². The maximum atomic E-state index is 11.1. The van der Waals surface area contributed by atoms with Gasteiger partial charge >= 0.3 is 5.97 Å². The maximum absolute atomic E-state index is 11.1. The number of carbonyl (C=O) groups is 1. The van der Waals surface area contributed by atoms with Gasteiger partial charge in [-0.2, -0.15) is 0 Å². The molecule has 0 saturated heterocycles. The van der Waals surface area contributed by atoms with Crippen molar-refractivity contribution in [3.05, 3.63) is 78.4 Å². The molecule has 1 heterocycles. The van der Waals surface area contributed by atoms with Crippen LogP contribution in [0, 0.1) is 0 Å². The van der Waals surface area contributed by atoms with E-state index < -0.39 is 12.1 Å². The van der Waals surface area contributed by atoms with Crippen molar-refractivity contribution in [1.29, 1.82) is 0 Å². The minimum atomic E-state index is -0.969. The van der Waals surface area contributed by atoms with E-state index in [1.807, 2.05) is 72.8 Å². The van der Waals surface area contributed by atoms with Crippen LogP contribution in [-0.4, -0.2) is 37.4 Å². The summed E-state index contributed by atoms with van der Waals surface area (Å²) in [7, 11) is 1.40. The summed E-state index contributed by atoms with van der Waals surface area (Å²) in [6.45, 7) is 1.14. The molecule has 0 fully saturated rings. The zero-order valence-electron chi connectivity index (χ0n) is 16.7. The van der Waals surface area contributed by atoms with Crippen LogP contribution in [0.4, 0.5) is 11.4 Å². The largest absolute Gasteiger partial charge is 0.492 e. The van der Waals surface area contributed by atoms with Crippen LogP contribution in [0.5, 0.6) is 17.2 Å². The molecule has 1 atom stereocenters. The molecule has 6 heteroatoms. The third kappa shape index (κ3) is 4.23. The van der Waals surface area contributed by atoms with E-state index in [0.29, 0.717) is 19.6 Å². The Bertz CT molecular complexity index is 973. The van der Waals surface area contributed by atoms with Crippen molar-refractivity contribution in [2.24, 2.45) is 0 Å². The van der Waals surface area contributed by atoms with Gasteiger partial charge < -0.3 is 24.2 Å². The number of fused-ring (bicyclic) bond motifs is 2. The molecule has 1 N–H and O–H groups in total. The molecule has 4 rings (SSSR count). The fourth-order valence-corrected chi connectivity index (χ4v) is 3.48. The van der Waals surface area contributed by atoms with Gasteiger partial charge in [0.25, 0.3) is 0 Å². The lowest BCUT2D eigenvalue weighted by molar-refractivity contribution is -0.148. The molecule has 1 aliphatic rings. The van der Waals surface area contributed by atoms with Crippen LogP contribution < -0.4 is 14.4 Å². The van der Waals surface area contributed by atoms with Crippen molar-refractivity contribution in [3.63, 3.8) is 0 Å². The third-order valence-electron chi connectivity index (χ3n) is 5.02. The summed E-state index contributed by atoms with van der Waals surface area (Å²) in [6.07, 6.45) is -0.536. The van der Waals surface area contributed by atoms with Gasteiger partial charge in [-0.1, -0.05) is 36.4 Å².